The van der Waals surface area contributed by atoms with E-state index in [-0.39, 0.29) is 12.5 Å². The van der Waals surface area contributed by atoms with Crippen LogP contribution in [0, 0.1) is 0 Å². The number of methoxy groups -OCH3 is 1. The molecule has 0 amide bonds. The zero-order chi connectivity index (χ0) is 10.4. The molecule has 0 atom stereocenters. The van der Waals surface area contributed by atoms with E-state index in [1.54, 1.807) is 0 Å². The monoisotopic (exact) mass is 257 g/mol. The van der Waals surface area contributed by atoms with Crippen molar-refractivity contribution in [1.29, 1.82) is 0 Å². The molecule has 0 radical (unpaired) electrons. The maximum absolute atomic E-state index is 10.8. The van der Waals surface area contributed by atoms with Crippen molar-refractivity contribution in [3.05, 3.63) is 34.3 Å². The molecule has 0 saturated carbocycles. The van der Waals surface area contributed by atoms with E-state index in [2.05, 4.69) is 26.0 Å². The Hall–Kier alpha value is -0.870. The van der Waals surface area contributed by atoms with Crippen molar-refractivity contribution >= 4 is 21.9 Å². The average molecular weight is 258 g/mol. The Balaban J connectivity index is 2.35. The van der Waals surface area contributed by atoms with Gasteiger partial charge in [0.25, 0.3) is 0 Å². The van der Waals surface area contributed by atoms with E-state index < -0.39 is 0 Å². The summed E-state index contributed by atoms with van der Waals surface area (Å²) in [4.78, 5) is 10.8. The number of halogens is 1. The van der Waals surface area contributed by atoms with E-state index in [1.165, 1.54) is 7.11 Å². The summed E-state index contributed by atoms with van der Waals surface area (Å²) in [6.45, 7) is 0.900. The van der Waals surface area contributed by atoms with E-state index in [0.717, 1.165) is 10.0 Å². The van der Waals surface area contributed by atoms with Gasteiger partial charge in [-0.15, -0.1) is 0 Å². The zero-order valence-electron chi connectivity index (χ0n) is 7.92. The lowest BCUT2D eigenvalue weighted by molar-refractivity contribution is -0.139. The molecule has 0 fully saturated rings. The van der Waals surface area contributed by atoms with Gasteiger partial charge in [0.2, 0.25) is 0 Å². The summed E-state index contributed by atoms with van der Waals surface area (Å²) in [5.74, 6) is -0.250. The minimum atomic E-state index is -0.250. The van der Waals surface area contributed by atoms with E-state index >= 15 is 0 Å². The number of hydrogen-bond donors (Lipinski definition) is 1. The Morgan fingerprint density at radius 2 is 2.36 bits per heavy atom. The van der Waals surface area contributed by atoms with Crippen LogP contribution in [0.15, 0.2) is 28.7 Å². The number of benzene rings is 1. The maximum atomic E-state index is 10.8. The van der Waals surface area contributed by atoms with Crippen LogP contribution < -0.4 is 5.32 Å². The van der Waals surface area contributed by atoms with Gasteiger partial charge in [-0.25, -0.2) is 0 Å². The van der Waals surface area contributed by atoms with Crippen molar-refractivity contribution in [2.45, 2.75) is 6.54 Å². The van der Waals surface area contributed by atoms with Crippen molar-refractivity contribution in [2.75, 3.05) is 13.7 Å². The van der Waals surface area contributed by atoms with Crippen LogP contribution in [0.1, 0.15) is 5.56 Å². The molecule has 1 aromatic rings. The molecule has 0 spiro atoms. The van der Waals surface area contributed by atoms with Crippen molar-refractivity contribution in [3.63, 3.8) is 0 Å². The minimum Gasteiger partial charge on any atom is -0.468 e. The molecule has 1 aromatic carbocycles. The molecule has 1 rings (SSSR count). The molecule has 0 bridgehead atoms. The number of ether oxygens (including phenoxy) is 1. The molecule has 0 heterocycles. The topological polar surface area (TPSA) is 38.3 Å². The highest BCUT2D eigenvalue weighted by atomic mass is 79.9. The highest BCUT2D eigenvalue weighted by Crippen LogP contribution is 2.10. The molecule has 1 N–H and O–H groups in total. The molecular formula is C10H12BrNO2. The van der Waals surface area contributed by atoms with Gasteiger partial charge >= 0.3 is 5.97 Å². The second kappa shape index (κ2) is 5.78. The third-order valence-electron chi connectivity index (χ3n) is 1.72. The standard InChI is InChI=1S/C10H12BrNO2/c1-14-10(13)7-12-6-8-3-2-4-9(11)5-8/h2-5,12H,6-7H2,1H3. The normalized spacial score (nSPS) is 9.86. The third kappa shape index (κ3) is 3.89. The minimum absolute atomic E-state index is 0.239. The Morgan fingerprint density at radius 1 is 1.57 bits per heavy atom. The molecular weight excluding hydrogens is 246 g/mol. The number of carbonyl (C=O) groups is 1. The predicted octanol–water partition coefficient (Wildman–Crippen LogP) is 1.71. The first kappa shape index (κ1) is 11.2. The Bertz CT molecular complexity index is 315. The van der Waals surface area contributed by atoms with Crippen LogP contribution in [-0.2, 0) is 16.1 Å². The summed E-state index contributed by atoms with van der Waals surface area (Å²) in [5, 5.41) is 2.98. The van der Waals surface area contributed by atoms with Gasteiger partial charge in [-0.05, 0) is 17.7 Å². The third-order valence-corrected chi connectivity index (χ3v) is 2.21. The van der Waals surface area contributed by atoms with Crippen molar-refractivity contribution in [1.82, 2.24) is 5.32 Å². The summed E-state index contributed by atoms with van der Waals surface area (Å²) >= 11 is 3.38. The lowest BCUT2D eigenvalue weighted by atomic mass is 10.2. The van der Waals surface area contributed by atoms with Crippen LogP contribution in [-0.4, -0.2) is 19.6 Å². The first-order chi connectivity index (χ1) is 6.72. The fourth-order valence-corrected chi connectivity index (χ4v) is 1.47. The molecule has 4 heteroatoms. The first-order valence-electron chi connectivity index (χ1n) is 4.24. The van der Waals surface area contributed by atoms with Gasteiger partial charge < -0.3 is 10.1 Å². The highest BCUT2D eigenvalue weighted by Gasteiger charge is 1.98. The van der Waals surface area contributed by atoms with Crippen molar-refractivity contribution < 1.29 is 9.53 Å². The van der Waals surface area contributed by atoms with Gasteiger partial charge in [0.1, 0.15) is 0 Å². The van der Waals surface area contributed by atoms with Crippen molar-refractivity contribution in [3.8, 4) is 0 Å². The lowest BCUT2D eigenvalue weighted by Crippen LogP contribution is -2.23. The summed E-state index contributed by atoms with van der Waals surface area (Å²) < 4.78 is 5.54. The maximum Gasteiger partial charge on any atom is 0.319 e. The zero-order valence-corrected chi connectivity index (χ0v) is 9.50. The van der Waals surface area contributed by atoms with E-state index in [4.69, 9.17) is 0 Å². The highest BCUT2D eigenvalue weighted by molar-refractivity contribution is 9.10. The fraction of sp³-hybridized carbons (Fsp3) is 0.300. The number of nitrogens with one attached hydrogen (secondary N) is 1. The molecule has 0 saturated heterocycles. The lowest BCUT2D eigenvalue weighted by Gasteiger charge is -2.03. The van der Waals surface area contributed by atoms with Gasteiger partial charge in [-0.2, -0.15) is 0 Å². The summed E-state index contributed by atoms with van der Waals surface area (Å²) in [5.41, 5.74) is 1.13. The summed E-state index contributed by atoms with van der Waals surface area (Å²) in [6.07, 6.45) is 0. The Labute approximate surface area is 91.6 Å². The van der Waals surface area contributed by atoms with Crippen LogP contribution in [0.4, 0.5) is 0 Å². The van der Waals surface area contributed by atoms with E-state index in [1.807, 2.05) is 24.3 Å². The number of esters is 1. The number of carbonyl (C=O) groups excluding carboxylic acids is 1. The van der Waals surface area contributed by atoms with Gasteiger partial charge in [-0.1, -0.05) is 28.1 Å². The van der Waals surface area contributed by atoms with Gasteiger partial charge in [0.05, 0.1) is 13.7 Å². The van der Waals surface area contributed by atoms with Crippen LogP contribution in [0.5, 0.6) is 0 Å². The molecule has 0 unspecified atom stereocenters. The number of rotatable bonds is 4. The summed E-state index contributed by atoms with van der Waals surface area (Å²) in [7, 11) is 1.38. The summed E-state index contributed by atoms with van der Waals surface area (Å²) in [6, 6.07) is 7.92. The van der Waals surface area contributed by atoms with Gasteiger partial charge in [0, 0.05) is 11.0 Å². The largest absolute Gasteiger partial charge is 0.468 e. The molecule has 76 valence electrons. The van der Waals surface area contributed by atoms with Crippen LogP contribution >= 0.6 is 15.9 Å². The van der Waals surface area contributed by atoms with Crippen LogP contribution in [0.25, 0.3) is 0 Å². The second-order valence-corrected chi connectivity index (χ2v) is 3.73. The molecule has 14 heavy (non-hydrogen) atoms. The Morgan fingerprint density at radius 3 is 3.00 bits per heavy atom. The smallest absolute Gasteiger partial charge is 0.319 e. The molecule has 0 aliphatic carbocycles. The van der Waals surface area contributed by atoms with Crippen molar-refractivity contribution in [2.24, 2.45) is 0 Å². The molecule has 3 nitrogen and oxygen atoms in total. The SMILES string of the molecule is COC(=O)CNCc1cccc(Br)c1. The Kier molecular flexibility index (Phi) is 4.62. The average Bonchev–Trinajstić information content (AvgIpc) is 2.17. The molecule has 0 aromatic heterocycles. The fourth-order valence-electron chi connectivity index (χ4n) is 1.03. The second-order valence-electron chi connectivity index (χ2n) is 2.81. The van der Waals surface area contributed by atoms with E-state index in [9.17, 15) is 4.79 Å². The first-order valence-corrected chi connectivity index (χ1v) is 5.03. The number of hydrogen-bond acceptors (Lipinski definition) is 3. The molecule has 0 aliphatic heterocycles. The predicted molar refractivity (Wildman–Crippen MR) is 57.9 cm³/mol. The van der Waals surface area contributed by atoms with Crippen LogP contribution in [0.2, 0.25) is 0 Å². The molecule has 0 aliphatic rings. The van der Waals surface area contributed by atoms with E-state index in [0.29, 0.717) is 6.54 Å². The van der Waals surface area contributed by atoms with Gasteiger partial charge in [0.15, 0.2) is 0 Å². The van der Waals surface area contributed by atoms with Gasteiger partial charge in [-0.3, -0.25) is 4.79 Å². The van der Waals surface area contributed by atoms with Crippen LogP contribution in [0.3, 0.4) is 0 Å². The quantitative estimate of drug-likeness (QED) is 0.835.